The van der Waals surface area contributed by atoms with Crippen molar-refractivity contribution in [2.24, 2.45) is 0 Å². The van der Waals surface area contributed by atoms with E-state index in [4.69, 9.17) is 4.74 Å². The maximum atomic E-state index is 5.52. The van der Waals surface area contributed by atoms with Gasteiger partial charge in [-0.25, -0.2) is 0 Å². The van der Waals surface area contributed by atoms with E-state index < -0.39 is 0 Å². The highest BCUT2D eigenvalue weighted by atomic mass is 16.5. The van der Waals surface area contributed by atoms with Crippen LogP contribution in [0.5, 0.6) is 0 Å². The van der Waals surface area contributed by atoms with Crippen molar-refractivity contribution in [1.82, 2.24) is 10.2 Å². The molecule has 0 amide bonds. The van der Waals surface area contributed by atoms with E-state index in [-0.39, 0.29) is 0 Å². The van der Waals surface area contributed by atoms with E-state index in [0.29, 0.717) is 18.2 Å². The van der Waals surface area contributed by atoms with Crippen LogP contribution >= 0.6 is 0 Å². The Labute approximate surface area is 93.2 Å². The van der Waals surface area contributed by atoms with Gasteiger partial charge in [0.15, 0.2) is 0 Å². The van der Waals surface area contributed by atoms with Gasteiger partial charge in [-0.3, -0.25) is 4.90 Å². The lowest BCUT2D eigenvalue weighted by Crippen LogP contribution is -2.52. The Balaban J connectivity index is 1.96. The van der Waals surface area contributed by atoms with Gasteiger partial charge in [-0.15, -0.1) is 0 Å². The van der Waals surface area contributed by atoms with E-state index in [1.54, 1.807) is 0 Å². The highest BCUT2D eigenvalue weighted by Gasteiger charge is 2.34. The minimum Gasteiger partial charge on any atom is -0.381 e. The van der Waals surface area contributed by atoms with Gasteiger partial charge in [0.05, 0.1) is 6.10 Å². The molecular weight excluding hydrogens is 188 g/mol. The Hall–Kier alpha value is -0.120. The highest BCUT2D eigenvalue weighted by Crippen LogP contribution is 2.27. The van der Waals surface area contributed by atoms with Crippen LogP contribution in [-0.2, 0) is 4.74 Å². The first-order valence-corrected chi connectivity index (χ1v) is 6.29. The standard InChI is InChI=1S/C12H24N2O/c1-13-11-6-5-10(15-2)9-12(11)14-7-3-4-8-14/h10-13H,3-9H2,1-2H3/t10-,11-,12+/m0/s1. The second-order valence-corrected chi connectivity index (χ2v) is 4.88. The van der Waals surface area contributed by atoms with Crippen LogP contribution in [0.4, 0.5) is 0 Å². The van der Waals surface area contributed by atoms with Crippen LogP contribution in [0, 0.1) is 0 Å². The monoisotopic (exact) mass is 212 g/mol. The van der Waals surface area contributed by atoms with Gasteiger partial charge in [-0.2, -0.15) is 0 Å². The molecule has 0 radical (unpaired) electrons. The van der Waals surface area contributed by atoms with E-state index in [1.165, 1.54) is 45.2 Å². The van der Waals surface area contributed by atoms with E-state index in [0.717, 1.165) is 0 Å². The average Bonchev–Trinajstić information content (AvgIpc) is 2.81. The number of nitrogens with zero attached hydrogens (tertiary/aromatic N) is 1. The molecule has 0 spiro atoms. The molecule has 3 atom stereocenters. The van der Waals surface area contributed by atoms with E-state index in [2.05, 4.69) is 17.3 Å². The molecule has 3 nitrogen and oxygen atoms in total. The molecule has 15 heavy (non-hydrogen) atoms. The van der Waals surface area contributed by atoms with Crippen molar-refractivity contribution in [3.63, 3.8) is 0 Å². The van der Waals surface area contributed by atoms with Gasteiger partial charge in [0, 0.05) is 19.2 Å². The molecule has 1 aliphatic heterocycles. The Morgan fingerprint density at radius 1 is 1.20 bits per heavy atom. The molecule has 3 heteroatoms. The van der Waals surface area contributed by atoms with Gasteiger partial charge in [0.1, 0.15) is 0 Å². The smallest absolute Gasteiger partial charge is 0.0587 e. The lowest BCUT2D eigenvalue weighted by Gasteiger charge is -2.40. The maximum absolute atomic E-state index is 5.52. The largest absolute Gasteiger partial charge is 0.381 e. The molecule has 2 fully saturated rings. The topological polar surface area (TPSA) is 24.5 Å². The van der Waals surface area contributed by atoms with Gasteiger partial charge in [-0.05, 0) is 52.2 Å². The summed E-state index contributed by atoms with van der Waals surface area (Å²) in [6.45, 7) is 2.58. The molecule has 2 aliphatic rings. The normalized spacial score (nSPS) is 38.4. The summed E-state index contributed by atoms with van der Waals surface area (Å²) in [6, 6.07) is 1.38. The minimum absolute atomic E-state index is 0.486. The molecule has 0 unspecified atom stereocenters. The number of hydrogen-bond acceptors (Lipinski definition) is 3. The molecule has 88 valence electrons. The van der Waals surface area contributed by atoms with Crippen molar-refractivity contribution in [1.29, 1.82) is 0 Å². The van der Waals surface area contributed by atoms with Crippen molar-refractivity contribution >= 4 is 0 Å². The van der Waals surface area contributed by atoms with Crippen molar-refractivity contribution in [3.05, 3.63) is 0 Å². The Morgan fingerprint density at radius 3 is 2.53 bits per heavy atom. The van der Waals surface area contributed by atoms with Crippen LogP contribution in [0.25, 0.3) is 0 Å². The Bertz CT molecular complexity index is 190. The van der Waals surface area contributed by atoms with E-state index in [9.17, 15) is 0 Å². The molecule has 0 aromatic carbocycles. The molecule has 1 saturated heterocycles. The van der Waals surface area contributed by atoms with Crippen LogP contribution < -0.4 is 5.32 Å². The molecule has 2 rings (SSSR count). The predicted molar refractivity (Wildman–Crippen MR) is 62.1 cm³/mol. The first-order chi connectivity index (χ1) is 7.35. The van der Waals surface area contributed by atoms with Crippen molar-refractivity contribution in [2.75, 3.05) is 27.2 Å². The highest BCUT2D eigenvalue weighted by molar-refractivity contribution is 4.92. The lowest BCUT2D eigenvalue weighted by molar-refractivity contribution is 0.0205. The third-order valence-corrected chi connectivity index (χ3v) is 4.08. The number of likely N-dealkylation sites (N-methyl/N-ethyl adjacent to an activating group) is 1. The van der Waals surface area contributed by atoms with Gasteiger partial charge in [-0.1, -0.05) is 0 Å². The number of hydrogen-bond donors (Lipinski definition) is 1. The van der Waals surface area contributed by atoms with Gasteiger partial charge in [0.2, 0.25) is 0 Å². The van der Waals surface area contributed by atoms with Gasteiger partial charge >= 0.3 is 0 Å². The van der Waals surface area contributed by atoms with Crippen molar-refractivity contribution < 1.29 is 4.74 Å². The zero-order chi connectivity index (χ0) is 10.7. The first-order valence-electron chi connectivity index (χ1n) is 6.29. The van der Waals surface area contributed by atoms with Gasteiger partial charge < -0.3 is 10.1 Å². The molecule has 1 N–H and O–H groups in total. The minimum atomic E-state index is 0.486. The first kappa shape index (κ1) is 11.4. The summed E-state index contributed by atoms with van der Waals surface area (Å²) >= 11 is 0. The molecule has 0 aromatic heterocycles. The van der Waals surface area contributed by atoms with Crippen LogP contribution in [0.1, 0.15) is 32.1 Å². The molecule has 1 aliphatic carbocycles. The fraction of sp³-hybridized carbons (Fsp3) is 1.00. The Kier molecular flexibility index (Phi) is 4.00. The predicted octanol–water partition coefficient (Wildman–Crippen LogP) is 1.24. The summed E-state index contributed by atoms with van der Waals surface area (Å²) in [7, 11) is 3.95. The summed E-state index contributed by atoms with van der Waals surface area (Å²) in [5.74, 6) is 0. The molecular formula is C12H24N2O. The second kappa shape index (κ2) is 5.28. The third kappa shape index (κ3) is 2.52. The van der Waals surface area contributed by atoms with Crippen molar-refractivity contribution in [2.45, 2.75) is 50.3 Å². The van der Waals surface area contributed by atoms with Crippen LogP contribution in [0.3, 0.4) is 0 Å². The van der Waals surface area contributed by atoms with Crippen LogP contribution in [0.15, 0.2) is 0 Å². The number of likely N-dealkylation sites (tertiary alicyclic amines) is 1. The van der Waals surface area contributed by atoms with E-state index in [1.807, 2.05) is 7.11 Å². The zero-order valence-corrected chi connectivity index (χ0v) is 10.0. The summed E-state index contributed by atoms with van der Waals surface area (Å²) < 4.78 is 5.52. The second-order valence-electron chi connectivity index (χ2n) is 4.88. The van der Waals surface area contributed by atoms with E-state index >= 15 is 0 Å². The zero-order valence-electron chi connectivity index (χ0n) is 10.0. The molecule has 1 heterocycles. The number of nitrogens with one attached hydrogen (secondary N) is 1. The van der Waals surface area contributed by atoms with Gasteiger partial charge in [0.25, 0.3) is 0 Å². The number of methoxy groups -OCH3 is 1. The quantitative estimate of drug-likeness (QED) is 0.762. The SMILES string of the molecule is CN[C@H]1CC[C@H](OC)C[C@H]1N1CCCC1. The molecule has 0 aromatic rings. The average molecular weight is 212 g/mol. The maximum Gasteiger partial charge on any atom is 0.0587 e. The Morgan fingerprint density at radius 2 is 1.93 bits per heavy atom. The van der Waals surface area contributed by atoms with Crippen LogP contribution in [-0.4, -0.2) is 50.3 Å². The number of ether oxygens (including phenoxy) is 1. The summed E-state index contributed by atoms with van der Waals surface area (Å²) in [5.41, 5.74) is 0. The molecule has 1 saturated carbocycles. The van der Waals surface area contributed by atoms with Crippen molar-refractivity contribution in [3.8, 4) is 0 Å². The fourth-order valence-corrected chi connectivity index (χ4v) is 3.14. The van der Waals surface area contributed by atoms with Crippen LogP contribution in [0.2, 0.25) is 0 Å². The summed E-state index contributed by atoms with van der Waals surface area (Å²) in [6.07, 6.45) is 6.93. The molecule has 0 bridgehead atoms. The third-order valence-electron chi connectivity index (χ3n) is 4.08. The summed E-state index contributed by atoms with van der Waals surface area (Å²) in [4.78, 5) is 2.66. The lowest BCUT2D eigenvalue weighted by atomic mass is 9.87. The summed E-state index contributed by atoms with van der Waals surface area (Å²) in [5, 5.41) is 3.48. The number of rotatable bonds is 3. The fourth-order valence-electron chi connectivity index (χ4n) is 3.14.